The van der Waals surface area contributed by atoms with Crippen molar-refractivity contribution in [3.05, 3.63) is 54.3 Å². The molecule has 0 aliphatic carbocycles. The van der Waals surface area contributed by atoms with Gasteiger partial charge in [0.15, 0.2) is 19.7 Å². The van der Waals surface area contributed by atoms with E-state index in [2.05, 4.69) is 4.72 Å². The summed E-state index contributed by atoms with van der Waals surface area (Å²) < 4.78 is 88.9. The van der Waals surface area contributed by atoms with Gasteiger partial charge in [-0.15, -0.1) is 0 Å². The summed E-state index contributed by atoms with van der Waals surface area (Å²) in [5.41, 5.74) is -0.00912. The average Bonchev–Trinajstić information content (AvgIpc) is 2.95. The van der Waals surface area contributed by atoms with Crippen molar-refractivity contribution in [2.24, 2.45) is 0 Å². The highest BCUT2D eigenvalue weighted by Gasteiger charge is 2.38. The van der Waals surface area contributed by atoms with E-state index in [1.165, 1.54) is 30.3 Å². The van der Waals surface area contributed by atoms with Gasteiger partial charge in [-0.3, -0.25) is 4.72 Å². The minimum Gasteiger partial charge on any atom is -0.280 e. The fourth-order valence-electron chi connectivity index (χ4n) is 2.78. The lowest BCUT2D eigenvalue weighted by molar-refractivity contribution is 0.582. The summed E-state index contributed by atoms with van der Waals surface area (Å²) in [6, 6.07) is 9.48. The molecule has 0 saturated carbocycles. The summed E-state index contributed by atoms with van der Waals surface area (Å²) in [7, 11) is -11.6. The Bertz CT molecular complexity index is 1190. The average molecular weight is 434 g/mol. The van der Waals surface area contributed by atoms with Gasteiger partial charge in [-0.25, -0.2) is 29.6 Å². The third kappa shape index (κ3) is 4.30. The van der Waals surface area contributed by atoms with Crippen molar-refractivity contribution < 1.29 is 29.6 Å². The zero-order chi connectivity index (χ0) is 19.9. The summed E-state index contributed by atoms with van der Waals surface area (Å²) in [5, 5.41) is -1.10. The largest absolute Gasteiger partial charge is 0.280 e. The van der Waals surface area contributed by atoms with Gasteiger partial charge in [0.05, 0.1) is 32.2 Å². The van der Waals surface area contributed by atoms with Gasteiger partial charge in [0, 0.05) is 0 Å². The molecule has 1 atom stereocenters. The Labute approximate surface area is 157 Å². The van der Waals surface area contributed by atoms with Gasteiger partial charge >= 0.3 is 0 Å². The number of benzene rings is 2. The van der Waals surface area contributed by atoms with Crippen molar-refractivity contribution in [2.45, 2.75) is 21.5 Å². The molecule has 1 fully saturated rings. The predicted molar refractivity (Wildman–Crippen MR) is 97.9 cm³/mol. The molecule has 7 nitrogen and oxygen atoms in total. The van der Waals surface area contributed by atoms with Crippen molar-refractivity contribution >= 4 is 35.4 Å². The molecule has 0 radical (unpaired) electrons. The Balaban J connectivity index is 1.93. The van der Waals surface area contributed by atoms with Crippen molar-refractivity contribution in [1.29, 1.82) is 0 Å². The third-order valence-electron chi connectivity index (χ3n) is 4.15. The molecule has 11 heteroatoms. The molecular formula is C16H16FNO6S3. The molecule has 1 N–H and O–H groups in total. The van der Waals surface area contributed by atoms with Gasteiger partial charge < -0.3 is 0 Å². The Morgan fingerprint density at radius 3 is 2.26 bits per heavy atom. The van der Waals surface area contributed by atoms with Crippen molar-refractivity contribution in [2.75, 3.05) is 16.2 Å². The molecule has 2 aromatic rings. The second-order valence-corrected chi connectivity index (χ2v) is 12.3. The first kappa shape index (κ1) is 19.8. The quantitative estimate of drug-likeness (QED) is 0.766. The first-order valence-electron chi connectivity index (χ1n) is 7.82. The number of hydrogen-bond acceptors (Lipinski definition) is 6. The van der Waals surface area contributed by atoms with Crippen LogP contribution in [0, 0.1) is 5.82 Å². The molecular weight excluding hydrogens is 417 g/mol. The van der Waals surface area contributed by atoms with Crippen LogP contribution in [-0.4, -0.2) is 42.0 Å². The van der Waals surface area contributed by atoms with E-state index >= 15 is 0 Å². The summed E-state index contributed by atoms with van der Waals surface area (Å²) in [5.74, 6) is -1.32. The molecule has 0 bridgehead atoms. The summed E-state index contributed by atoms with van der Waals surface area (Å²) in [4.78, 5) is -0.597. The minimum absolute atomic E-state index is 0.00912. The van der Waals surface area contributed by atoms with E-state index < -0.39 is 46.5 Å². The third-order valence-corrected chi connectivity index (χ3v) is 9.70. The molecule has 3 rings (SSSR count). The standard InChI is InChI=1S/C16H16FNO6S3/c17-12-3-1-4-13(9-12)18-27(23,24)15-6-2-5-14(10-15)26(21,22)16-7-8-25(19,20)11-16/h1-6,9-10,16,18H,7-8,11H2. The van der Waals surface area contributed by atoms with Crippen LogP contribution in [0.25, 0.3) is 0 Å². The molecule has 1 aliphatic rings. The normalized spacial score (nSPS) is 19.7. The number of halogens is 1. The van der Waals surface area contributed by atoms with Crippen LogP contribution in [0.4, 0.5) is 10.1 Å². The van der Waals surface area contributed by atoms with Crippen LogP contribution in [0.15, 0.2) is 58.3 Å². The fraction of sp³-hybridized carbons (Fsp3) is 0.250. The Kier molecular flexibility index (Phi) is 5.04. The molecule has 2 aromatic carbocycles. The molecule has 1 unspecified atom stereocenters. The molecule has 1 aliphatic heterocycles. The molecule has 0 spiro atoms. The first-order valence-corrected chi connectivity index (χ1v) is 12.7. The number of nitrogens with one attached hydrogen (secondary N) is 1. The van der Waals surface area contributed by atoms with Gasteiger partial charge in [-0.05, 0) is 42.8 Å². The summed E-state index contributed by atoms with van der Waals surface area (Å²) in [6.45, 7) is 0. The maximum absolute atomic E-state index is 13.2. The smallest absolute Gasteiger partial charge is 0.261 e. The SMILES string of the molecule is O=S1(=O)CCC(S(=O)(=O)c2cccc(S(=O)(=O)Nc3cccc(F)c3)c2)C1. The van der Waals surface area contributed by atoms with E-state index in [0.29, 0.717) is 0 Å². The van der Waals surface area contributed by atoms with Crippen LogP contribution >= 0.6 is 0 Å². The second kappa shape index (κ2) is 6.88. The van der Waals surface area contributed by atoms with E-state index in [-0.39, 0.29) is 27.7 Å². The van der Waals surface area contributed by atoms with Crippen LogP contribution in [0.3, 0.4) is 0 Å². The highest BCUT2D eigenvalue weighted by atomic mass is 32.2. The minimum atomic E-state index is -4.16. The van der Waals surface area contributed by atoms with Gasteiger partial charge in [0.25, 0.3) is 10.0 Å². The number of anilines is 1. The highest BCUT2D eigenvalue weighted by molar-refractivity contribution is 7.96. The number of sulfonamides is 1. The highest BCUT2D eigenvalue weighted by Crippen LogP contribution is 2.27. The van der Waals surface area contributed by atoms with Gasteiger partial charge in [-0.2, -0.15) is 0 Å². The van der Waals surface area contributed by atoms with Gasteiger partial charge in [0.2, 0.25) is 0 Å². The molecule has 0 amide bonds. The Morgan fingerprint density at radius 2 is 1.63 bits per heavy atom. The van der Waals surface area contributed by atoms with Gasteiger partial charge in [0.1, 0.15) is 5.82 Å². The van der Waals surface area contributed by atoms with Crippen molar-refractivity contribution in [3.8, 4) is 0 Å². The maximum atomic E-state index is 13.2. The predicted octanol–water partition coefficient (Wildman–Crippen LogP) is 1.59. The van der Waals surface area contributed by atoms with Crippen LogP contribution in [0.5, 0.6) is 0 Å². The molecule has 1 heterocycles. The Hall–Kier alpha value is -1.98. The molecule has 146 valence electrons. The van der Waals surface area contributed by atoms with Crippen LogP contribution in [-0.2, 0) is 29.7 Å². The second-order valence-electron chi connectivity index (χ2n) is 6.16. The monoisotopic (exact) mass is 433 g/mol. The maximum Gasteiger partial charge on any atom is 0.261 e. The lowest BCUT2D eigenvalue weighted by atomic mass is 10.3. The van der Waals surface area contributed by atoms with Crippen molar-refractivity contribution in [3.63, 3.8) is 0 Å². The van der Waals surface area contributed by atoms with E-state index in [9.17, 15) is 29.6 Å². The lowest BCUT2D eigenvalue weighted by Gasteiger charge is -2.12. The zero-order valence-electron chi connectivity index (χ0n) is 13.9. The van der Waals surface area contributed by atoms with Crippen LogP contribution in [0.2, 0.25) is 0 Å². The van der Waals surface area contributed by atoms with E-state index in [4.69, 9.17) is 0 Å². The van der Waals surface area contributed by atoms with Crippen molar-refractivity contribution in [1.82, 2.24) is 0 Å². The number of hydrogen-bond donors (Lipinski definition) is 1. The topological polar surface area (TPSA) is 114 Å². The summed E-state index contributed by atoms with van der Waals surface area (Å²) in [6.07, 6.45) is -0.0246. The number of sulfone groups is 2. The molecule has 27 heavy (non-hydrogen) atoms. The molecule has 0 aromatic heterocycles. The fourth-order valence-corrected chi connectivity index (χ4v) is 8.36. The van der Waals surface area contributed by atoms with Gasteiger partial charge in [-0.1, -0.05) is 12.1 Å². The van der Waals surface area contributed by atoms with Crippen LogP contribution < -0.4 is 4.72 Å². The molecule has 1 saturated heterocycles. The van der Waals surface area contributed by atoms with E-state index in [0.717, 1.165) is 18.2 Å². The van der Waals surface area contributed by atoms with E-state index in [1.54, 1.807) is 0 Å². The zero-order valence-corrected chi connectivity index (χ0v) is 16.3. The number of rotatable bonds is 5. The first-order chi connectivity index (χ1) is 12.5. The summed E-state index contributed by atoms with van der Waals surface area (Å²) >= 11 is 0. The lowest BCUT2D eigenvalue weighted by Crippen LogP contribution is -2.23. The van der Waals surface area contributed by atoms with Crippen LogP contribution in [0.1, 0.15) is 6.42 Å². The Morgan fingerprint density at radius 1 is 0.963 bits per heavy atom. The van der Waals surface area contributed by atoms with E-state index in [1.807, 2.05) is 0 Å².